The van der Waals surface area contributed by atoms with E-state index in [-0.39, 0.29) is 5.41 Å². The molecule has 2 N–H and O–H groups in total. The summed E-state index contributed by atoms with van der Waals surface area (Å²) < 4.78 is 1.20. The zero-order chi connectivity index (χ0) is 13.9. The number of anilines is 1. The van der Waals surface area contributed by atoms with Crippen LogP contribution in [-0.4, -0.2) is 4.98 Å². The van der Waals surface area contributed by atoms with E-state index in [1.54, 1.807) is 11.3 Å². The molecule has 0 fully saturated rings. The van der Waals surface area contributed by atoms with Crippen LogP contribution in [0.3, 0.4) is 0 Å². The number of hydrogen-bond donors (Lipinski definition) is 1. The first-order chi connectivity index (χ1) is 8.41. The Kier molecular flexibility index (Phi) is 4.74. The van der Waals surface area contributed by atoms with Crippen molar-refractivity contribution in [3.63, 3.8) is 0 Å². The van der Waals surface area contributed by atoms with E-state index >= 15 is 0 Å². The third kappa shape index (κ3) is 3.02. The number of fused-ring (bicyclic) bond motifs is 1. The number of rotatable bonds is 1. The van der Waals surface area contributed by atoms with Gasteiger partial charge in [-0.2, -0.15) is 0 Å². The van der Waals surface area contributed by atoms with Crippen LogP contribution < -0.4 is 5.73 Å². The van der Waals surface area contributed by atoms with Crippen molar-refractivity contribution in [2.45, 2.75) is 53.4 Å². The van der Waals surface area contributed by atoms with Crippen molar-refractivity contribution in [3.05, 3.63) is 23.3 Å². The van der Waals surface area contributed by atoms with E-state index in [0.29, 0.717) is 5.13 Å². The number of nitrogens with two attached hydrogens (primary N) is 1. The van der Waals surface area contributed by atoms with Crippen LogP contribution in [0.1, 0.15) is 52.7 Å². The highest BCUT2D eigenvalue weighted by atomic mass is 32.1. The molecule has 2 nitrogen and oxygen atoms in total. The Balaban J connectivity index is 0.000000771. The molecule has 0 radical (unpaired) electrons. The van der Waals surface area contributed by atoms with Gasteiger partial charge < -0.3 is 5.73 Å². The Morgan fingerprint density at radius 3 is 2.33 bits per heavy atom. The van der Waals surface area contributed by atoms with Gasteiger partial charge in [-0.15, -0.1) is 0 Å². The number of aromatic nitrogens is 1. The van der Waals surface area contributed by atoms with Gasteiger partial charge in [0.05, 0.1) is 10.2 Å². The van der Waals surface area contributed by atoms with Gasteiger partial charge in [-0.3, -0.25) is 0 Å². The van der Waals surface area contributed by atoms with Crippen molar-refractivity contribution in [1.29, 1.82) is 0 Å². The fourth-order valence-corrected chi connectivity index (χ4v) is 2.80. The molecule has 1 aromatic carbocycles. The Bertz CT molecular complexity index is 521. The Morgan fingerprint density at radius 2 is 1.83 bits per heavy atom. The maximum atomic E-state index is 5.75. The van der Waals surface area contributed by atoms with Crippen LogP contribution in [0.5, 0.6) is 0 Å². The van der Waals surface area contributed by atoms with E-state index in [0.717, 1.165) is 11.9 Å². The normalized spacial score (nSPS) is 11.2. The van der Waals surface area contributed by atoms with Crippen LogP contribution in [0.25, 0.3) is 10.2 Å². The van der Waals surface area contributed by atoms with Crippen molar-refractivity contribution >= 4 is 26.7 Å². The minimum Gasteiger partial charge on any atom is -0.375 e. The van der Waals surface area contributed by atoms with Gasteiger partial charge in [-0.1, -0.05) is 52.9 Å². The highest BCUT2D eigenvalue weighted by molar-refractivity contribution is 7.22. The standard InChI is InChI=1S/C13H18N2S.C2H6/c1-5-8-6-11-10(15-12(14)16-11)7-9(8)13(2,3)4;1-2/h6-7H,5H2,1-4H3,(H2,14,15);1-2H3. The first-order valence-corrected chi connectivity index (χ1v) is 7.43. The fourth-order valence-electron chi connectivity index (χ4n) is 2.02. The van der Waals surface area contributed by atoms with Gasteiger partial charge in [0, 0.05) is 0 Å². The third-order valence-electron chi connectivity index (χ3n) is 2.82. The van der Waals surface area contributed by atoms with Gasteiger partial charge in [0.25, 0.3) is 0 Å². The zero-order valence-corrected chi connectivity index (χ0v) is 13.1. The second-order valence-electron chi connectivity index (χ2n) is 5.13. The van der Waals surface area contributed by atoms with Crippen LogP contribution in [0.4, 0.5) is 5.13 Å². The van der Waals surface area contributed by atoms with E-state index in [9.17, 15) is 0 Å². The van der Waals surface area contributed by atoms with Gasteiger partial charge >= 0.3 is 0 Å². The Labute approximate surface area is 114 Å². The quantitative estimate of drug-likeness (QED) is 0.806. The summed E-state index contributed by atoms with van der Waals surface area (Å²) in [7, 11) is 0. The summed E-state index contributed by atoms with van der Waals surface area (Å²) in [5.74, 6) is 0. The molecule has 0 aliphatic carbocycles. The fraction of sp³-hybridized carbons (Fsp3) is 0.533. The molecule has 0 saturated carbocycles. The second kappa shape index (κ2) is 5.70. The molecule has 18 heavy (non-hydrogen) atoms. The summed E-state index contributed by atoms with van der Waals surface area (Å²) in [4.78, 5) is 4.36. The third-order valence-corrected chi connectivity index (χ3v) is 3.67. The number of nitrogens with zero attached hydrogens (tertiary/aromatic N) is 1. The lowest BCUT2D eigenvalue weighted by molar-refractivity contribution is 0.584. The van der Waals surface area contributed by atoms with E-state index in [1.807, 2.05) is 13.8 Å². The van der Waals surface area contributed by atoms with E-state index in [4.69, 9.17) is 5.73 Å². The monoisotopic (exact) mass is 264 g/mol. The van der Waals surface area contributed by atoms with E-state index < -0.39 is 0 Å². The molecule has 0 amide bonds. The lowest BCUT2D eigenvalue weighted by atomic mass is 9.83. The molecule has 1 aromatic heterocycles. The highest BCUT2D eigenvalue weighted by Gasteiger charge is 2.18. The lowest BCUT2D eigenvalue weighted by Gasteiger charge is -2.22. The van der Waals surface area contributed by atoms with Gasteiger partial charge in [0.15, 0.2) is 5.13 Å². The molecule has 0 atom stereocenters. The molecule has 0 bridgehead atoms. The molecular weight excluding hydrogens is 240 g/mol. The van der Waals surface area contributed by atoms with Gasteiger partial charge in [0.2, 0.25) is 0 Å². The summed E-state index contributed by atoms with van der Waals surface area (Å²) in [6, 6.07) is 4.44. The van der Waals surface area contributed by atoms with Crippen molar-refractivity contribution in [1.82, 2.24) is 4.98 Å². The van der Waals surface area contributed by atoms with Gasteiger partial charge in [-0.25, -0.2) is 4.98 Å². The van der Waals surface area contributed by atoms with Crippen LogP contribution in [0.15, 0.2) is 12.1 Å². The molecule has 0 unspecified atom stereocenters. The summed E-state index contributed by atoms with van der Waals surface area (Å²) in [6.45, 7) is 12.9. The largest absolute Gasteiger partial charge is 0.375 e. The number of aryl methyl sites for hydroxylation is 1. The minimum absolute atomic E-state index is 0.165. The number of benzene rings is 1. The van der Waals surface area contributed by atoms with Gasteiger partial charge in [-0.05, 0) is 35.1 Å². The van der Waals surface area contributed by atoms with Crippen LogP contribution in [0, 0.1) is 0 Å². The summed E-state index contributed by atoms with van der Waals surface area (Å²) in [5.41, 5.74) is 9.73. The molecule has 1 heterocycles. The summed E-state index contributed by atoms with van der Waals surface area (Å²) >= 11 is 1.57. The topological polar surface area (TPSA) is 38.9 Å². The lowest BCUT2D eigenvalue weighted by Crippen LogP contribution is -2.13. The van der Waals surface area contributed by atoms with Crippen LogP contribution in [-0.2, 0) is 11.8 Å². The first-order valence-electron chi connectivity index (χ1n) is 6.61. The van der Waals surface area contributed by atoms with Crippen molar-refractivity contribution in [2.75, 3.05) is 5.73 Å². The first kappa shape index (κ1) is 15.0. The van der Waals surface area contributed by atoms with Crippen LogP contribution in [0.2, 0.25) is 0 Å². The zero-order valence-electron chi connectivity index (χ0n) is 12.3. The van der Waals surface area contributed by atoms with Crippen LogP contribution >= 0.6 is 11.3 Å². The maximum absolute atomic E-state index is 5.75. The molecule has 0 saturated heterocycles. The second-order valence-corrected chi connectivity index (χ2v) is 6.19. The molecular formula is C15H24N2S. The Morgan fingerprint density at radius 1 is 1.22 bits per heavy atom. The van der Waals surface area contributed by atoms with Gasteiger partial charge in [0.1, 0.15) is 0 Å². The van der Waals surface area contributed by atoms with Crippen molar-refractivity contribution in [3.8, 4) is 0 Å². The molecule has 2 rings (SSSR count). The predicted molar refractivity (Wildman–Crippen MR) is 83.5 cm³/mol. The number of hydrogen-bond acceptors (Lipinski definition) is 3. The highest BCUT2D eigenvalue weighted by Crippen LogP contribution is 2.33. The summed E-state index contributed by atoms with van der Waals surface area (Å²) in [6.07, 6.45) is 1.06. The number of thiazole rings is 1. The SMILES string of the molecule is CC.CCc1cc2sc(N)nc2cc1C(C)(C)C. The number of nitrogen functional groups attached to an aromatic ring is 1. The van der Waals surface area contributed by atoms with Crippen molar-refractivity contribution in [2.24, 2.45) is 0 Å². The Hall–Kier alpha value is -1.09. The molecule has 0 spiro atoms. The van der Waals surface area contributed by atoms with E-state index in [2.05, 4.69) is 44.8 Å². The minimum atomic E-state index is 0.165. The average molecular weight is 264 g/mol. The van der Waals surface area contributed by atoms with Crippen molar-refractivity contribution < 1.29 is 0 Å². The predicted octanol–water partition coefficient (Wildman–Crippen LogP) is 4.76. The maximum Gasteiger partial charge on any atom is 0.181 e. The van der Waals surface area contributed by atoms with E-state index in [1.165, 1.54) is 15.8 Å². The smallest absolute Gasteiger partial charge is 0.181 e. The average Bonchev–Trinajstić information content (AvgIpc) is 2.68. The molecule has 0 aliphatic heterocycles. The molecule has 0 aliphatic rings. The molecule has 100 valence electrons. The molecule has 3 heteroatoms. The summed E-state index contributed by atoms with van der Waals surface area (Å²) in [5, 5.41) is 0.656. The molecule has 2 aromatic rings.